The van der Waals surface area contributed by atoms with Crippen LogP contribution >= 0.6 is 35.2 Å². The van der Waals surface area contributed by atoms with Crippen molar-refractivity contribution in [3.8, 4) is 0 Å². The first kappa shape index (κ1) is 19.8. The smallest absolute Gasteiger partial charge is 0.199 e. The lowest BCUT2D eigenvalue weighted by Crippen LogP contribution is -2.46. The molecule has 1 aliphatic heterocycles. The van der Waals surface area contributed by atoms with Crippen LogP contribution in [0.4, 0.5) is 0 Å². The third kappa shape index (κ3) is 4.72. The summed E-state index contributed by atoms with van der Waals surface area (Å²) in [6, 6.07) is 14.5. The summed E-state index contributed by atoms with van der Waals surface area (Å²) in [5.41, 5.74) is 1.24. The van der Waals surface area contributed by atoms with Crippen LogP contribution in [0.2, 0.25) is 4.34 Å². The van der Waals surface area contributed by atoms with Crippen molar-refractivity contribution in [1.29, 1.82) is 0 Å². The molecular formula is C20H24ClN5S2. The first-order chi connectivity index (χ1) is 13.6. The fourth-order valence-electron chi connectivity index (χ4n) is 3.52. The molecule has 5 nitrogen and oxygen atoms in total. The molecule has 0 saturated carbocycles. The molecule has 0 atom stereocenters. The third-order valence-corrected chi connectivity index (χ3v) is 6.75. The van der Waals surface area contributed by atoms with Crippen molar-refractivity contribution in [3.63, 3.8) is 0 Å². The van der Waals surface area contributed by atoms with Crippen LogP contribution in [-0.2, 0) is 19.8 Å². The molecular weight excluding hydrogens is 410 g/mol. The fraction of sp³-hybridized carbons (Fsp3) is 0.400. The monoisotopic (exact) mass is 433 g/mol. The Labute approximate surface area is 179 Å². The molecule has 4 rings (SSSR count). The van der Waals surface area contributed by atoms with Crippen molar-refractivity contribution >= 4 is 35.2 Å². The van der Waals surface area contributed by atoms with Gasteiger partial charge in [0.2, 0.25) is 0 Å². The zero-order valence-corrected chi connectivity index (χ0v) is 18.3. The van der Waals surface area contributed by atoms with Gasteiger partial charge in [-0.15, -0.1) is 11.3 Å². The minimum atomic E-state index is 0.750. The molecule has 2 aromatic heterocycles. The number of hydrogen-bond donors (Lipinski definition) is 0. The molecule has 1 aliphatic rings. The van der Waals surface area contributed by atoms with E-state index < -0.39 is 0 Å². The highest BCUT2D eigenvalue weighted by molar-refractivity contribution is 7.71. The number of aromatic nitrogens is 3. The Morgan fingerprint density at radius 1 is 1.00 bits per heavy atom. The van der Waals surface area contributed by atoms with Gasteiger partial charge in [0.25, 0.3) is 0 Å². The van der Waals surface area contributed by atoms with Crippen molar-refractivity contribution in [1.82, 2.24) is 24.1 Å². The van der Waals surface area contributed by atoms with Gasteiger partial charge in [-0.05, 0) is 36.8 Å². The Bertz CT molecular complexity index is 970. The number of halogens is 1. The van der Waals surface area contributed by atoms with Crippen LogP contribution in [0.5, 0.6) is 0 Å². The quantitative estimate of drug-likeness (QED) is 0.543. The predicted molar refractivity (Wildman–Crippen MR) is 118 cm³/mol. The van der Waals surface area contributed by atoms with Crippen LogP contribution in [0, 0.1) is 11.7 Å². The predicted octanol–water partition coefficient (Wildman–Crippen LogP) is 4.26. The Morgan fingerprint density at radius 2 is 1.71 bits per heavy atom. The maximum atomic E-state index is 6.04. The zero-order valence-electron chi connectivity index (χ0n) is 15.9. The number of benzene rings is 1. The van der Waals surface area contributed by atoms with Crippen LogP contribution in [-0.4, -0.2) is 50.3 Å². The van der Waals surface area contributed by atoms with Crippen molar-refractivity contribution in [2.75, 3.05) is 26.2 Å². The number of hydrogen-bond acceptors (Lipinski definition) is 5. The first-order valence-corrected chi connectivity index (χ1v) is 11.1. The van der Waals surface area contributed by atoms with Crippen LogP contribution < -0.4 is 0 Å². The lowest BCUT2D eigenvalue weighted by Gasteiger charge is -2.34. The van der Waals surface area contributed by atoms with Gasteiger partial charge in [-0.1, -0.05) is 41.9 Å². The van der Waals surface area contributed by atoms with Crippen LogP contribution in [0.3, 0.4) is 0 Å². The second kappa shape index (κ2) is 8.88. The Kier molecular flexibility index (Phi) is 6.28. The normalized spacial score (nSPS) is 15.9. The second-order valence-electron chi connectivity index (χ2n) is 7.14. The first-order valence-electron chi connectivity index (χ1n) is 9.45. The summed E-state index contributed by atoms with van der Waals surface area (Å²) in [7, 11) is 0. The largest absolute Gasteiger partial charge is 0.300 e. The molecule has 0 N–H and O–H groups in total. The van der Waals surface area contributed by atoms with Crippen molar-refractivity contribution < 1.29 is 0 Å². The standard InChI is InChI=1S/C20H24ClN5S2/c1-16-22-26(20(27)25(16)13-17-5-3-2-4-6-17)15-24-11-9-23(10-12-24)14-18-7-8-19(21)28-18/h2-8H,9-15H2,1H3. The molecule has 0 aliphatic carbocycles. The summed E-state index contributed by atoms with van der Waals surface area (Å²) < 4.78 is 5.73. The second-order valence-corrected chi connectivity index (χ2v) is 9.31. The summed E-state index contributed by atoms with van der Waals surface area (Å²) in [6.07, 6.45) is 0. The van der Waals surface area contributed by atoms with E-state index in [4.69, 9.17) is 28.9 Å². The van der Waals surface area contributed by atoms with E-state index in [1.165, 1.54) is 10.4 Å². The van der Waals surface area contributed by atoms with E-state index in [1.807, 2.05) is 23.7 Å². The van der Waals surface area contributed by atoms with Gasteiger partial charge in [-0.3, -0.25) is 14.4 Å². The van der Waals surface area contributed by atoms with Crippen molar-refractivity contribution in [2.24, 2.45) is 0 Å². The maximum Gasteiger partial charge on any atom is 0.199 e. The van der Waals surface area contributed by atoms with Gasteiger partial charge in [0.05, 0.1) is 17.5 Å². The molecule has 0 unspecified atom stereocenters. The highest BCUT2D eigenvalue weighted by Crippen LogP contribution is 2.23. The van der Waals surface area contributed by atoms with Gasteiger partial charge in [-0.2, -0.15) is 5.10 Å². The number of piperazine rings is 1. The van der Waals surface area contributed by atoms with Gasteiger partial charge in [0.1, 0.15) is 5.82 Å². The van der Waals surface area contributed by atoms with E-state index in [1.54, 1.807) is 11.3 Å². The summed E-state index contributed by atoms with van der Waals surface area (Å²) in [6.45, 7) is 8.66. The SMILES string of the molecule is Cc1nn(CN2CCN(Cc3ccc(Cl)s3)CC2)c(=S)n1Cc1ccccc1. The lowest BCUT2D eigenvalue weighted by molar-refractivity contribution is 0.0986. The van der Waals surface area contributed by atoms with E-state index in [0.717, 1.165) is 60.9 Å². The van der Waals surface area contributed by atoms with E-state index in [0.29, 0.717) is 0 Å². The molecule has 1 fully saturated rings. The molecule has 0 radical (unpaired) electrons. The van der Waals surface area contributed by atoms with E-state index in [2.05, 4.69) is 44.7 Å². The summed E-state index contributed by atoms with van der Waals surface area (Å²) in [4.78, 5) is 6.24. The fourth-order valence-corrected chi connectivity index (χ4v) is 4.95. The molecule has 1 aromatic carbocycles. The summed E-state index contributed by atoms with van der Waals surface area (Å²) >= 11 is 13.4. The minimum Gasteiger partial charge on any atom is -0.300 e. The highest BCUT2D eigenvalue weighted by atomic mass is 35.5. The van der Waals surface area contributed by atoms with Gasteiger partial charge in [0, 0.05) is 37.6 Å². The molecule has 28 heavy (non-hydrogen) atoms. The maximum absolute atomic E-state index is 6.04. The van der Waals surface area contributed by atoms with E-state index >= 15 is 0 Å². The Morgan fingerprint density at radius 3 is 2.39 bits per heavy atom. The number of rotatable bonds is 6. The van der Waals surface area contributed by atoms with Crippen molar-refractivity contribution in [2.45, 2.75) is 26.7 Å². The number of aryl methyl sites for hydroxylation is 1. The molecule has 3 aromatic rings. The molecule has 8 heteroatoms. The van der Waals surface area contributed by atoms with Gasteiger partial charge >= 0.3 is 0 Å². The van der Waals surface area contributed by atoms with Crippen LogP contribution in [0.25, 0.3) is 0 Å². The molecule has 0 bridgehead atoms. The topological polar surface area (TPSA) is 29.2 Å². The van der Waals surface area contributed by atoms with Gasteiger partial charge in [0.15, 0.2) is 4.77 Å². The molecule has 3 heterocycles. The number of nitrogens with zero attached hydrogens (tertiary/aromatic N) is 5. The summed E-state index contributed by atoms with van der Waals surface area (Å²) in [5.74, 6) is 0.960. The van der Waals surface area contributed by atoms with Crippen LogP contribution in [0.1, 0.15) is 16.3 Å². The van der Waals surface area contributed by atoms with E-state index in [-0.39, 0.29) is 0 Å². The minimum absolute atomic E-state index is 0.750. The average Bonchev–Trinajstić information content (AvgIpc) is 3.22. The van der Waals surface area contributed by atoms with Gasteiger partial charge in [-0.25, -0.2) is 4.68 Å². The highest BCUT2D eigenvalue weighted by Gasteiger charge is 2.19. The Balaban J connectivity index is 1.35. The van der Waals surface area contributed by atoms with E-state index in [9.17, 15) is 0 Å². The number of thiophene rings is 1. The molecule has 0 amide bonds. The average molecular weight is 434 g/mol. The van der Waals surface area contributed by atoms with Crippen LogP contribution in [0.15, 0.2) is 42.5 Å². The van der Waals surface area contributed by atoms with Crippen molar-refractivity contribution in [3.05, 3.63) is 67.8 Å². The summed E-state index contributed by atoms with van der Waals surface area (Å²) in [5, 5.41) is 4.70. The zero-order chi connectivity index (χ0) is 19.5. The molecule has 148 valence electrons. The Hall–Kier alpha value is -1.51. The third-order valence-electron chi connectivity index (χ3n) is 5.10. The van der Waals surface area contributed by atoms with Gasteiger partial charge < -0.3 is 0 Å². The lowest BCUT2D eigenvalue weighted by atomic mass is 10.2. The molecule has 0 spiro atoms. The molecule has 1 saturated heterocycles.